The lowest BCUT2D eigenvalue weighted by Crippen LogP contribution is -2.12. The number of rotatable bonds is 6. The lowest BCUT2D eigenvalue weighted by Gasteiger charge is -2.08. The van der Waals surface area contributed by atoms with Gasteiger partial charge in [-0.25, -0.2) is 4.79 Å². The summed E-state index contributed by atoms with van der Waals surface area (Å²) in [5.74, 6) is 2.19. The lowest BCUT2D eigenvalue weighted by atomic mass is 10.2. The Kier molecular flexibility index (Phi) is 4.52. The molecule has 3 rings (SSSR count). The van der Waals surface area contributed by atoms with Gasteiger partial charge in [0.05, 0.1) is 12.7 Å². The molecule has 23 heavy (non-hydrogen) atoms. The zero-order chi connectivity index (χ0) is 16.1. The molecule has 0 saturated carbocycles. The van der Waals surface area contributed by atoms with Crippen LogP contribution in [0.1, 0.15) is 10.4 Å². The normalized spacial score (nSPS) is 11.9. The molecule has 0 unspecified atom stereocenters. The molecule has 0 fully saturated rings. The number of hydrogen-bond donors (Lipinski definition) is 0. The van der Waals surface area contributed by atoms with Crippen molar-refractivity contribution in [1.29, 1.82) is 0 Å². The van der Waals surface area contributed by atoms with Crippen molar-refractivity contribution in [3.8, 4) is 23.0 Å². The molecular weight excluding hydrogens is 300 g/mol. The highest BCUT2D eigenvalue weighted by Gasteiger charge is 2.16. The van der Waals surface area contributed by atoms with Gasteiger partial charge in [-0.2, -0.15) is 0 Å². The number of carbonyl (C=O) groups excluding carboxylic acids is 1. The van der Waals surface area contributed by atoms with E-state index in [0.717, 1.165) is 5.75 Å². The van der Waals surface area contributed by atoms with Crippen LogP contribution < -0.4 is 18.9 Å². The third-order valence-electron chi connectivity index (χ3n) is 3.25. The van der Waals surface area contributed by atoms with Crippen LogP contribution in [-0.2, 0) is 4.74 Å². The molecule has 6 heteroatoms. The van der Waals surface area contributed by atoms with Crippen molar-refractivity contribution in [1.82, 2.24) is 0 Å². The molecule has 0 radical (unpaired) electrons. The topological polar surface area (TPSA) is 63.2 Å². The Labute approximate surface area is 133 Å². The fourth-order valence-electron chi connectivity index (χ4n) is 2.07. The first-order valence-corrected chi connectivity index (χ1v) is 7.10. The average molecular weight is 316 g/mol. The molecule has 0 aliphatic carbocycles. The van der Waals surface area contributed by atoms with Crippen molar-refractivity contribution in [2.45, 2.75) is 0 Å². The molecule has 0 atom stereocenters. The molecule has 0 N–H and O–H groups in total. The van der Waals surface area contributed by atoms with Gasteiger partial charge in [0.15, 0.2) is 11.5 Å². The first kappa shape index (κ1) is 15.0. The van der Waals surface area contributed by atoms with Crippen LogP contribution >= 0.6 is 0 Å². The van der Waals surface area contributed by atoms with Crippen LogP contribution in [0.25, 0.3) is 0 Å². The zero-order valence-electron chi connectivity index (χ0n) is 12.6. The minimum atomic E-state index is -0.429. The second kappa shape index (κ2) is 6.91. The molecule has 1 aliphatic heterocycles. The molecule has 1 aliphatic rings. The van der Waals surface area contributed by atoms with Crippen LogP contribution in [0.5, 0.6) is 23.0 Å². The summed E-state index contributed by atoms with van der Waals surface area (Å²) in [4.78, 5) is 11.9. The highest BCUT2D eigenvalue weighted by atomic mass is 16.7. The SMILES string of the molecule is COc1ccc(OCCOC(=O)c2ccc3c(c2)OCO3)cc1. The van der Waals surface area contributed by atoms with E-state index in [4.69, 9.17) is 23.7 Å². The highest BCUT2D eigenvalue weighted by molar-refractivity contribution is 5.90. The molecule has 120 valence electrons. The second-order valence-electron chi connectivity index (χ2n) is 4.73. The molecule has 2 aromatic carbocycles. The quantitative estimate of drug-likeness (QED) is 0.603. The van der Waals surface area contributed by atoms with Crippen LogP contribution in [0.4, 0.5) is 0 Å². The second-order valence-corrected chi connectivity index (χ2v) is 4.73. The summed E-state index contributed by atoms with van der Waals surface area (Å²) in [5, 5.41) is 0. The maximum atomic E-state index is 11.9. The maximum absolute atomic E-state index is 11.9. The summed E-state index contributed by atoms with van der Waals surface area (Å²) >= 11 is 0. The maximum Gasteiger partial charge on any atom is 0.338 e. The zero-order valence-corrected chi connectivity index (χ0v) is 12.6. The van der Waals surface area contributed by atoms with Crippen molar-refractivity contribution < 1.29 is 28.5 Å². The summed E-state index contributed by atoms with van der Waals surface area (Å²) < 4.78 is 26.1. The van der Waals surface area contributed by atoms with E-state index >= 15 is 0 Å². The minimum absolute atomic E-state index is 0.152. The van der Waals surface area contributed by atoms with Crippen molar-refractivity contribution in [3.05, 3.63) is 48.0 Å². The number of methoxy groups -OCH3 is 1. The number of benzene rings is 2. The van der Waals surface area contributed by atoms with Gasteiger partial charge in [0, 0.05) is 0 Å². The number of esters is 1. The van der Waals surface area contributed by atoms with Gasteiger partial charge >= 0.3 is 5.97 Å². The number of fused-ring (bicyclic) bond motifs is 1. The van der Waals surface area contributed by atoms with E-state index in [1.54, 1.807) is 49.6 Å². The van der Waals surface area contributed by atoms with Crippen LogP contribution in [0.3, 0.4) is 0 Å². The summed E-state index contributed by atoms with van der Waals surface area (Å²) in [6, 6.07) is 12.1. The van der Waals surface area contributed by atoms with Crippen molar-refractivity contribution in [2.75, 3.05) is 27.1 Å². The van der Waals surface area contributed by atoms with Gasteiger partial charge in [0.2, 0.25) is 6.79 Å². The summed E-state index contributed by atoms with van der Waals surface area (Å²) in [7, 11) is 1.60. The van der Waals surface area contributed by atoms with Crippen LogP contribution in [0.2, 0.25) is 0 Å². The van der Waals surface area contributed by atoms with Gasteiger partial charge in [-0.05, 0) is 42.5 Å². The van der Waals surface area contributed by atoms with Crippen molar-refractivity contribution >= 4 is 5.97 Å². The van der Waals surface area contributed by atoms with E-state index in [9.17, 15) is 4.79 Å². The van der Waals surface area contributed by atoms with Gasteiger partial charge in [-0.1, -0.05) is 0 Å². The fraction of sp³-hybridized carbons (Fsp3) is 0.235. The van der Waals surface area contributed by atoms with E-state index in [2.05, 4.69) is 0 Å². The van der Waals surface area contributed by atoms with Gasteiger partial charge < -0.3 is 23.7 Å². The molecule has 0 aromatic heterocycles. The summed E-state index contributed by atoms with van der Waals surface area (Å²) in [6.45, 7) is 0.589. The third-order valence-corrected chi connectivity index (χ3v) is 3.25. The lowest BCUT2D eigenvalue weighted by molar-refractivity contribution is 0.0450. The van der Waals surface area contributed by atoms with Gasteiger partial charge in [0.1, 0.15) is 24.7 Å². The smallest absolute Gasteiger partial charge is 0.338 e. The monoisotopic (exact) mass is 316 g/mol. The Morgan fingerprint density at radius 3 is 2.52 bits per heavy atom. The van der Waals surface area contributed by atoms with E-state index in [1.165, 1.54) is 0 Å². The Balaban J connectivity index is 1.45. The summed E-state index contributed by atoms with van der Waals surface area (Å²) in [6.07, 6.45) is 0. The number of carbonyl (C=O) groups is 1. The van der Waals surface area contributed by atoms with E-state index in [0.29, 0.717) is 22.8 Å². The molecule has 1 heterocycles. The molecule has 0 bridgehead atoms. The van der Waals surface area contributed by atoms with E-state index in [1.807, 2.05) is 0 Å². The first-order valence-electron chi connectivity index (χ1n) is 7.10. The first-order chi connectivity index (χ1) is 11.3. The average Bonchev–Trinajstić information content (AvgIpc) is 3.06. The Morgan fingerprint density at radius 2 is 1.74 bits per heavy atom. The number of ether oxygens (including phenoxy) is 5. The third kappa shape index (κ3) is 3.66. The van der Waals surface area contributed by atoms with Crippen molar-refractivity contribution in [2.24, 2.45) is 0 Å². The molecule has 2 aromatic rings. The predicted octanol–water partition coefficient (Wildman–Crippen LogP) is 2.66. The number of hydrogen-bond acceptors (Lipinski definition) is 6. The molecule has 0 spiro atoms. The largest absolute Gasteiger partial charge is 0.497 e. The molecular formula is C17H16O6. The highest BCUT2D eigenvalue weighted by Crippen LogP contribution is 2.32. The van der Waals surface area contributed by atoms with E-state index in [-0.39, 0.29) is 20.0 Å². The fourth-order valence-corrected chi connectivity index (χ4v) is 2.07. The predicted molar refractivity (Wildman–Crippen MR) is 81.3 cm³/mol. The van der Waals surface area contributed by atoms with Gasteiger partial charge in [0.25, 0.3) is 0 Å². The molecule has 0 amide bonds. The van der Waals surface area contributed by atoms with E-state index < -0.39 is 5.97 Å². The molecule has 6 nitrogen and oxygen atoms in total. The van der Waals surface area contributed by atoms with Gasteiger partial charge in [-0.15, -0.1) is 0 Å². The minimum Gasteiger partial charge on any atom is -0.497 e. The van der Waals surface area contributed by atoms with Gasteiger partial charge in [-0.3, -0.25) is 0 Å². The standard InChI is InChI=1S/C17H16O6/c1-19-13-3-5-14(6-4-13)20-8-9-21-17(18)12-2-7-15-16(10-12)23-11-22-15/h2-7,10H,8-9,11H2,1H3. The molecule has 0 saturated heterocycles. The van der Waals surface area contributed by atoms with Crippen LogP contribution in [0.15, 0.2) is 42.5 Å². The van der Waals surface area contributed by atoms with Crippen LogP contribution in [0, 0.1) is 0 Å². The Hall–Kier alpha value is -2.89. The van der Waals surface area contributed by atoms with Crippen molar-refractivity contribution in [3.63, 3.8) is 0 Å². The Bertz CT molecular complexity index is 680. The summed E-state index contributed by atoms with van der Waals surface area (Å²) in [5.41, 5.74) is 0.415. The van der Waals surface area contributed by atoms with Crippen LogP contribution in [-0.4, -0.2) is 33.1 Å². The Morgan fingerprint density at radius 1 is 1.00 bits per heavy atom.